The molecule has 0 heterocycles. The third-order valence-corrected chi connectivity index (χ3v) is 2.73. The summed E-state index contributed by atoms with van der Waals surface area (Å²) >= 11 is 0. The van der Waals surface area contributed by atoms with Gasteiger partial charge in [0.2, 0.25) is 0 Å². The van der Waals surface area contributed by atoms with Gasteiger partial charge < -0.3 is 0 Å². The van der Waals surface area contributed by atoms with Crippen LogP contribution in [0.15, 0.2) is 11.6 Å². The molecule has 0 bridgehead atoms. The second-order valence-corrected chi connectivity index (χ2v) is 3.49. The van der Waals surface area contributed by atoms with Gasteiger partial charge in [0.05, 0.1) is 0 Å². The molecular formula is C10H18. The first-order chi connectivity index (χ1) is 4.75. The van der Waals surface area contributed by atoms with Crippen molar-refractivity contribution in [1.82, 2.24) is 0 Å². The monoisotopic (exact) mass is 138 g/mol. The summed E-state index contributed by atoms with van der Waals surface area (Å²) < 4.78 is 0. The molecule has 0 aromatic carbocycles. The Labute approximate surface area is 64.3 Å². The molecule has 2 atom stereocenters. The van der Waals surface area contributed by atoms with Gasteiger partial charge in [-0.3, -0.25) is 0 Å². The van der Waals surface area contributed by atoms with Gasteiger partial charge in [0.25, 0.3) is 0 Å². The molecule has 0 aromatic rings. The Morgan fingerprint density at radius 1 is 1.70 bits per heavy atom. The smallest absolute Gasteiger partial charge is 0.0226 e. The van der Waals surface area contributed by atoms with Crippen LogP contribution in [0.1, 0.15) is 40.0 Å². The number of hydrogen-bond donors (Lipinski definition) is 0. The second-order valence-electron chi connectivity index (χ2n) is 3.49. The third-order valence-electron chi connectivity index (χ3n) is 2.73. The maximum Gasteiger partial charge on any atom is -0.0226 e. The van der Waals surface area contributed by atoms with Crippen molar-refractivity contribution in [3.05, 3.63) is 11.6 Å². The van der Waals surface area contributed by atoms with Gasteiger partial charge in [-0.2, -0.15) is 0 Å². The molecule has 0 aliphatic heterocycles. The molecule has 0 saturated heterocycles. The van der Waals surface area contributed by atoms with E-state index in [-0.39, 0.29) is 0 Å². The number of rotatable bonds is 2. The van der Waals surface area contributed by atoms with Gasteiger partial charge in [0, 0.05) is 0 Å². The summed E-state index contributed by atoms with van der Waals surface area (Å²) in [6.45, 7) is 6.97. The van der Waals surface area contributed by atoms with Crippen LogP contribution in [0.5, 0.6) is 0 Å². The van der Waals surface area contributed by atoms with Gasteiger partial charge >= 0.3 is 0 Å². The molecule has 0 fully saturated rings. The Bertz CT molecular complexity index is 133. The van der Waals surface area contributed by atoms with Crippen LogP contribution in [0, 0.1) is 11.8 Å². The lowest BCUT2D eigenvalue weighted by Crippen LogP contribution is -2.02. The first-order valence-corrected chi connectivity index (χ1v) is 4.45. The lowest BCUT2D eigenvalue weighted by Gasteiger charge is -2.15. The Hall–Kier alpha value is -0.260. The van der Waals surface area contributed by atoms with Gasteiger partial charge in [-0.25, -0.2) is 0 Å². The predicted octanol–water partition coefficient (Wildman–Crippen LogP) is 3.39. The minimum atomic E-state index is 0.831. The third kappa shape index (κ3) is 1.42. The van der Waals surface area contributed by atoms with Crippen molar-refractivity contribution in [3.63, 3.8) is 0 Å². The molecule has 0 radical (unpaired) electrons. The molecule has 1 rings (SSSR count). The highest BCUT2D eigenvalue weighted by Crippen LogP contribution is 2.31. The van der Waals surface area contributed by atoms with E-state index in [9.17, 15) is 0 Å². The average Bonchev–Trinajstić information content (AvgIpc) is 2.34. The van der Waals surface area contributed by atoms with Crippen molar-refractivity contribution >= 4 is 0 Å². The highest BCUT2D eigenvalue weighted by molar-refractivity contribution is 5.13. The second kappa shape index (κ2) is 3.23. The molecule has 0 spiro atoms. The SMILES string of the molecule is CCC(C)C1=CCCC1C. The standard InChI is InChI=1S/C10H18/c1-4-8(2)10-7-5-6-9(10)3/h7-9H,4-6H2,1-3H3. The Morgan fingerprint density at radius 3 is 2.80 bits per heavy atom. The Morgan fingerprint density at radius 2 is 2.40 bits per heavy atom. The Kier molecular flexibility index (Phi) is 2.53. The van der Waals surface area contributed by atoms with Gasteiger partial charge in [0.1, 0.15) is 0 Å². The summed E-state index contributed by atoms with van der Waals surface area (Å²) in [4.78, 5) is 0. The van der Waals surface area contributed by atoms with E-state index in [4.69, 9.17) is 0 Å². The summed E-state index contributed by atoms with van der Waals surface area (Å²) in [6, 6.07) is 0. The molecule has 0 aromatic heterocycles. The normalized spacial score (nSPS) is 28.3. The van der Waals surface area contributed by atoms with Crippen molar-refractivity contribution in [1.29, 1.82) is 0 Å². The van der Waals surface area contributed by atoms with E-state index in [1.54, 1.807) is 5.57 Å². The van der Waals surface area contributed by atoms with E-state index < -0.39 is 0 Å². The largest absolute Gasteiger partial charge is 0.0848 e. The molecule has 58 valence electrons. The minimum absolute atomic E-state index is 0.831. The highest BCUT2D eigenvalue weighted by Gasteiger charge is 2.17. The van der Waals surface area contributed by atoms with E-state index in [0.29, 0.717) is 0 Å². The van der Waals surface area contributed by atoms with E-state index in [1.165, 1.54) is 19.3 Å². The zero-order valence-electron chi connectivity index (χ0n) is 7.35. The molecular weight excluding hydrogens is 120 g/mol. The first-order valence-electron chi connectivity index (χ1n) is 4.45. The van der Waals surface area contributed by atoms with Crippen LogP contribution in [-0.2, 0) is 0 Å². The number of allylic oxidation sites excluding steroid dienone is 2. The highest BCUT2D eigenvalue weighted by atomic mass is 14.2. The lowest BCUT2D eigenvalue weighted by atomic mass is 9.91. The fraction of sp³-hybridized carbons (Fsp3) is 0.800. The van der Waals surface area contributed by atoms with Crippen LogP contribution in [0.4, 0.5) is 0 Å². The topological polar surface area (TPSA) is 0 Å². The number of hydrogen-bond acceptors (Lipinski definition) is 0. The van der Waals surface area contributed by atoms with Gasteiger partial charge in [-0.15, -0.1) is 0 Å². The summed E-state index contributed by atoms with van der Waals surface area (Å²) in [5.74, 6) is 1.70. The fourth-order valence-corrected chi connectivity index (χ4v) is 1.79. The van der Waals surface area contributed by atoms with Gasteiger partial charge in [-0.1, -0.05) is 32.4 Å². The summed E-state index contributed by atoms with van der Waals surface area (Å²) in [6.07, 6.45) is 6.45. The summed E-state index contributed by atoms with van der Waals surface area (Å²) in [5.41, 5.74) is 1.71. The molecule has 10 heavy (non-hydrogen) atoms. The van der Waals surface area contributed by atoms with Gasteiger partial charge in [0.15, 0.2) is 0 Å². The molecule has 0 N–H and O–H groups in total. The van der Waals surface area contributed by atoms with Gasteiger partial charge in [-0.05, 0) is 31.1 Å². The van der Waals surface area contributed by atoms with Crippen LogP contribution < -0.4 is 0 Å². The van der Waals surface area contributed by atoms with E-state index in [2.05, 4.69) is 26.8 Å². The molecule has 0 nitrogen and oxygen atoms in total. The zero-order valence-corrected chi connectivity index (χ0v) is 7.35. The fourth-order valence-electron chi connectivity index (χ4n) is 1.79. The van der Waals surface area contributed by atoms with Crippen LogP contribution >= 0.6 is 0 Å². The van der Waals surface area contributed by atoms with Crippen LogP contribution in [0.2, 0.25) is 0 Å². The maximum atomic E-state index is 2.44. The van der Waals surface area contributed by atoms with E-state index in [1.807, 2.05) is 0 Å². The zero-order chi connectivity index (χ0) is 7.56. The maximum absolute atomic E-state index is 2.44. The summed E-state index contributed by atoms with van der Waals surface area (Å²) in [7, 11) is 0. The minimum Gasteiger partial charge on any atom is -0.0848 e. The van der Waals surface area contributed by atoms with Crippen LogP contribution in [-0.4, -0.2) is 0 Å². The van der Waals surface area contributed by atoms with Crippen molar-refractivity contribution in [2.45, 2.75) is 40.0 Å². The van der Waals surface area contributed by atoms with E-state index in [0.717, 1.165) is 11.8 Å². The van der Waals surface area contributed by atoms with Crippen molar-refractivity contribution in [2.24, 2.45) is 11.8 Å². The van der Waals surface area contributed by atoms with Crippen molar-refractivity contribution < 1.29 is 0 Å². The molecule has 1 aliphatic rings. The predicted molar refractivity (Wildman–Crippen MR) is 45.9 cm³/mol. The molecule has 0 amide bonds. The van der Waals surface area contributed by atoms with E-state index >= 15 is 0 Å². The first kappa shape index (κ1) is 7.84. The molecule has 2 unspecified atom stereocenters. The molecule has 0 heteroatoms. The lowest BCUT2D eigenvalue weighted by molar-refractivity contribution is 0.550. The molecule has 1 aliphatic carbocycles. The van der Waals surface area contributed by atoms with Crippen molar-refractivity contribution in [3.8, 4) is 0 Å². The molecule has 0 saturated carbocycles. The quantitative estimate of drug-likeness (QED) is 0.513. The van der Waals surface area contributed by atoms with Crippen LogP contribution in [0.3, 0.4) is 0 Å². The summed E-state index contributed by atoms with van der Waals surface area (Å²) in [5, 5.41) is 0. The van der Waals surface area contributed by atoms with Crippen LogP contribution in [0.25, 0.3) is 0 Å². The van der Waals surface area contributed by atoms with Crippen molar-refractivity contribution in [2.75, 3.05) is 0 Å². The average molecular weight is 138 g/mol. The Balaban J connectivity index is 2.53.